The summed E-state index contributed by atoms with van der Waals surface area (Å²) in [6.45, 7) is 3.82. The van der Waals surface area contributed by atoms with Crippen LogP contribution in [0.15, 0.2) is 52.1 Å². The summed E-state index contributed by atoms with van der Waals surface area (Å²) in [6.07, 6.45) is 0. The van der Waals surface area contributed by atoms with Crippen LogP contribution >= 0.6 is 0 Å². The Bertz CT molecular complexity index is 1120. The van der Waals surface area contributed by atoms with Gasteiger partial charge >= 0.3 is 5.69 Å². The number of carbonyl (C=O) groups excluding carboxylic acids is 1. The highest BCUT2D eigenvalue weighted by Gasteiger charge is 2.20. The summed E-state index contributed by atoms with van der Waals surface area (Å²) in [4.78, 5) is 41.3. The van der Waals surface area contributed by atoms with Crippen LogP contribution in [-0.4, -0.2) is 27.4 Å². The molecule has 0 unspecified atom stereocenters. The largest absolute Gasteiger partial charge is 0.335 e. The predicted molar refractivity (Wildman–Crippen MR) is 101 cm³/mol. The molecule has 0 aliphatic rings. The zero-order chi connectivity index (χ0) is 19.7. The third-order valence-electron chi connectivity index (χ3n) is 4.80. The van der Waals surface area contributed by atoms with Crippen LogP contribution in [0.4, 0.5) is 4.39 Å². The van der Waals surface area contributed by atoms with E-state index in [0.29, 0.717) is 16.5 Å². The van der Waals surface area contributed by atoms with Crippen molar-refractivity contribution in [3.8, 4) is 0 Å². The van der Waals surface area contributed by atoms with Crippen molar-refractivity contribution < 1.29 is 9.18 Å². The Hall–Kier alpha value is -3.22. The van der Waals surface area contributed by atoms with E-state index in [9.17, 15) is 18.8 Å². The van der Waals surface area contributed by atoms with Gasteiger partial charge < -0.3 is 9.88 Å². The van der Waals surface area contributed by atoms with Crippen molar-refractivity contribution in [1.82, 2.24) is 14.5 Å². The summed E-state index contributed by atoms with van der Waals surface area (Å²) in [7, 11) is 1.65. The second-order valence-corrected chi connectivity index (χ2v) is 6.38. The maximum Gasteiger partial charge on any atom is 0.328 e. The molecule has 2 aromatic carbocycles. The van der Waals surface area contributed by atoms with Gasteiger partial charge in [0.1, 0.15) is 5.82 Å². The zero-order valence-corrected chi connectivity index (χ0v) is 15.3. The Morgan fingerprint density at radius 3 is 2.48 bits per heavy atom. The van der Waals surface area contributed by atoms with Gasteiger partial charge in [0.2, 0.25) is 0 Å². The lowest BCUT2D eigenvalue weighted by Gasteiger charge is -2.25. The van der Waals surface area contributed by atoms with Gasteiger partial charge in [-0.05, 0) is 49.7 Å². The predicted octanol–water partition coefficient (Wildman–Crippen LogP) is 2.68. The molecule has 0 fully saturated rings. The molecule has 0 aliphatic carbocycles. The smallest absolute Gasteiger partial charge is 0.328 e. The van der Waals surface area contributed by atoms with Crippen LogP contribution in [0.2, 0.25) is 0 Å². The lowest BCUT2D eigenvalue weighted by Crippen LogP contribution is -2.34. The molecule has 6 nitrogen and oxygen atoms in total. The molecule has 7 heteroatoms. The van der Waals surface area contributed by atoms with Crippen molar-refractivity contribution in [2.75, 3.05) is 7.05 Å². The molecule has 0 saturated carbocycles. The Kier molecular flexibility index (Phi) is 4.94. The molecule has 27 heavy (non-hydrogen) atoms. The van der Waals surface area contributed by atoms with E-state index >= 15 is 0 Å². The van der Waals surface area contributed by atoms with Crippen molar-refractivity contribution in [3.05, 3.63) is 80.2 Å². The van der Waals surface area contributed by atoms with Gasteiger partial charge in [0.15, 0.2) is 0 Å². The van der Waals surface area contributed by atoms with Crippen molar-refractivity contribution in [1.29, 1.82) is 0 Å². The van der Waals surface area contributed by atoms with Crippen molar-refractivity contribution in [2.24, 2.45) is 0 Å². The highest BCUT2D eigenvalue weighted by molar-refractivity contribution is 5.97. The van der Waals surface area contributed by atoms with Gasteiger partial charge in [0, 0.05) is 19.2 Å². The third-order valence-corrected chi connectivity index (χ3v) is 4.80. The number of nitrogens with one attached hydrogen (secondary N) is 1. The Morgan fingerprint density at radius 1 is 1.19 bits per heavy atom. The van der Waals surface area contributed by atoms with Gasteiger partial charge in [-0.15, -0.1) is 0 Å². The number of aromatic amines is 1. The Labute approximate surface area is 154 Å². The molecule has 0 aliphatic heterocycles. The number of hydrogen-bond donors (Lipinski definition) is 1. The van der Waals surface area contributed by atoms with Crippen LogP contribution in [0.25, 0.3) is 10.9 Å². The molecule has 1 heterocycles. The first-order chi connectivity index (χ1) is 12.8. The van der Waals surface area contributed by atoms with Crippen molar-refractivity contribution >= 4 is 16.8 Å². The molecule has 0 radical (unpaired) electrons. The summed E-state index contributed by atoms with van der Waals surface area (Å²) < 4.78 is 14.2. The number of amides is 1. The molecule has 0 saturated heterocycles. The van der Waals surface area contributed by atoms with Crippen molar-refractivity contribution in [2.45, 2.75) is 26.4 Å². The van der Waals surface area contributed by atoms with Crippen molar-refractivity contribution in [3.63, 3.8) is 0 Å². The fourth-order valence-electron chi connectivity index (χ4n) is 3.02. The number of aromatic nitrogens is 2. The van der Waals surface area contributed by atoms with E-state index in [2.05, 4.69) is 4.98 Å². The molecule has 3 aromatic rings. The van der Waals surface area contributed by atoms with Gasteiger partial charge in [0.25, 0.3) is 11.5 Å². The molecular formula is C20H20FN3O3. The number of nitrogens with zero attached hydrogens (tertiary/aromatic N) is 2. The fraction of sp³-hybridized carbons (Fsp3) is 0.250. The quantitative estimate of drug-likeness (QED) is 0.768. The zero-order valence-electron chi connectivity index (χ0n) is 15.3. The molecule has 3 rings (SSSR count). The highest BCUT2D eigenvalue weighted by Crippen LogP contribution is 2.21. The minimum atomic E-state index is -0.507. The number of fused-ring (bicyclic) bond motifs is 1. The number of halogens is 1. The first kappa shape index (κ1) is 18.6. The molecule has 1 atom stereocenters. The topological polar surface area (TPSA) is 75.2 Å². The first-order valence-corrected chi connectivity index (χ1v) is 8.63. The summed E-state index contributed by atoms with van der Waals surface area (Å²) in [5, 5.41) is 0.349. The average Bonchev–Trinajstić information content (AvgIpc) is 2.66. The van der Waals surface area contributed by atoms with Gasteiger partial charge in [-0.2, -0.15) is 0 Å². The molecule has 0 bridgehead atoms. The fourth-order valence-corrected chi connectivity index (χ4v) is 3.02. The van der Waals surface area contributed by atoms with E-state index in [-0.39, 0.29) is 29.9 Å². The second kappa shape index (κ2) is 7.19. The minimum absolute atomic E-state index is 0.267. The van der Waals surface area contributed by atoms with E-state index in [1.54, 1.807) is 38.2 Å². The Morgan fingerprint density at radius 2 is 1.85 bits per heavy atom. The SMILES string of the molecule is CCn1c(=O)[nH]c2cc(C(=O)N(C)[C@@H](C)c3ccc(F)cc3)ccc2c1=O. The number of H-pyrrole nitrogens is 1. The number of carbonyl (C=O) groups is 1. The molecule has 1 amide bonds. The van der Waals surface area contributed by atoms with E-state index in [4.69, 9.17) is 0 Å². The summed E-state index contributed by atoms with van der Waals surface area (Å²) in [5.41, 5.74) is 0.579. The van der Waals surface area contributed by atoms with Crippen LogP contribution in [0.1, 0.15) is 35.8 Å². The van der Waals surface area contributed by atoms with Crippen LogP contribution in [0.3, 0.4) is 0 Å². The molecule has 1 aromatic heterocycles. The average molecular weight is 369 g/mol. The summed E-state index contributed by atoms with van der Waals surface area (Å²) in [6, 6.07) is 10.3. The van der Waals surface area contributed by atoms with E-state index in [1.807, 2.05) is 6.92 Å². The third kappa shape index (κ3) is 3.40. The number of rotatable bonds is 4. The molecule has 0 spiro atoms. The van der Waals surface area contributed by atoms with Crippen LogP contribution in [0, 0.1) is 5.82 Å². The first-order valence-electron chi connectivity index (χ1n) is 8.63. The van der Waals surface area contributed by atoms with E-state index in [1.165, 1.54) is 23.1 Å². The van der Waals surface area contributed by atoms with Gasteiger partial charge in [-0.3, -0.25) is 14.2 Å². The maximum atomic E-state index is 13.1. The van der Waals surface area contributed by atoms with Crippen LogP contribution < -0.4 is 11.2 Å². The van der Waals surface area contributed by atoms with Crippen LogP contribution in [0.5, 0.6) is 0 Å². The highest BCUT2D eigenvalue weighted by atomic mass is 19.1. The molecule has 1 N–H and O–H groups in total. The lowest BCUT2D eigenvalue weighted by molar-refractivity contribution is 0.0743. The van der Waals surface area contributed by atoms with Gasteiger partial charge in [0.05, 0.1) is 16.9 Å². The lowest BCUT2D eigenvalue weighted by atomic mass is 10.1. The monoisotopic (exact) mass is 369 g/mol. The number of hydrogen-bond acceptors (Lipinski definition) is 3. The molecule has 140 valence electrons. The van der Waals surface area contributed by atoms with Gasteiger partial charge in [-0.1, -0.05) is 12.1 Å². The summed E-state index contributed by atoms with van der Waals surface area (Å²) in [5.74, 6) is -0.606. The molecular weight excluding hydrogens is 349 g/mol. The normalized spacial score (nSPS) is 12.1. The second-order valence-electron chi connectivity index (χ2n) is 6.38. The minimum Gasteiger partial charge on any atom is -0.335 e. The number of benzene rings is 2. The Balaban J connectivity index is 1.96. The summed E-state index contributed by atoms with van der Waals surface area (Å²) >= 11 is 0. The maximum absolute atomic E-state index is 13.1. The van der Waals surface area contributed by atoms with Gasteiger partial charge in [-0.25, -0.2) is 9.18 Å². The van der Waals surface area contributed by atoms with E-state index in [0.717, 1.165) is 10.1 Å². The standard InChI is InChI=1S/C20H20FN3O3/c1-4-24-19(26)16-10-7-14(11-17(16)22-20(24)27)18(25)23(3)12(2)13-5-8-15(21)9-6-13/h5-12H,4H2,1-3H3,(H,22,27)/t12-/m0/s1. The van der Waals surface area contributed by atoms with E-state index < -0.39 is 5.69 Å². The van der Waals surface area contributed by atoms with Crippen LogP contribution in [-0.2, 0) is 6.54 Å².